The van der Waals surface area contributed by atoms with Gasteiger partial charge in [-0.2, -0.15) is 0 Å². The highest BCUT2D eigenvalue weighted by Gasteiger charge is 2.56. The summed E-state index contributed by atoms with van der Waals surface area (Å²) >= 11 is 0. The topological polar surface area (TPSA) is 178 Å². The molecule has 0 aromatic carbocycles. The van der Waals surface area contributed by atoms with E-state index in [1.807, 2.05) is 32.9 Å². The number of esters is 1. The Morgan fingerprint density at radius 2 is 1.60 bits per heavy atom. The Labute approximate surface area is 339 Å². The number of fused-ring (bicyclic) bond motifs is 3. The van der Waals surface area contributed by atoms with Crippen LogP contribution in [0.5, 0.6) is 0 Å². The van der Waals surface area contributed by atoms with Gasteiger partial charge in [-0.1, -0.05) is 44.6 Å². The molecule has 2 bridgehead atoms. The standard InChI is InChI=1S/C44H69NO12/c1-10-13-31-19-25(2)18-26(3)20-37(54-8)40-38(55-9)22-28(5)44(52,57-40)41(49)42(50)45-17-12-11-14-32(45)43(51)56-39(29(6)34(47)24-35(31)48)27(4)21-30-15-16-33(46)36(23-30)53-7/h10,19,21,26,28-34,36-40,46-47,52H,1,11-18,20,22-24H2,2-9H3/b25-19-,27-21+/t26-,28+,29+,30-,31-,32-,33+,34-,36+,37-,38-,39+,40+,44+/m0/s1. The van der Waals surface area contributed by atoms with E-state index < -0.39 is 83.9 Å². The number of aliphatic hydroxyl groups excluding tert-OH is 2. The number of hydrogen-bond acceptors (Lipinski definition) is 12. The monoisotopic (exact) mass is 803 g/mol. The van der Waals surface area contributed by atoms with Crippen molar-refractivity contribution in [3.05, 3.63) is 36.0 Å². The van der Waals surface area contributed by atoms with E-state index in [9.17, 15) is 34.5 Å². The van der Waals surface area contributed by atoms with Crippen molar-refractivity contribution >= 4 is 23.4 Å². The van der Waals surface area contributed by atoms with E-state index in [1.54, 1.807) is 27.0 Å². The van der Waals surface area contributed by atoms with Crippen LogP contribution in [0.3, 0.4) is 0 Å². The van der Waals surface area contributed by atoms with E-state index in [-0.39, 0.29) is 49.5 Å². The van der Waals surface area contributed by atoms with Crippen LogP contribution < -0.4 is 0 Å². The van der Waals surface area contributed by atoms with Gasteiger partial charge in [-0.05, 0) is 95.5 Å². The van der Waals surface area contributed by atoms with E-state index in [0.717, 1.165) is 5.57 Å². The highest BCUT2D eigenvalue weighted by Crippen LogP contribution is 2.39. The normalized spacial score (nSPS) is 41.0. The highest BCUT2D eigenvalue weighted by atomic mass is 16.7. The van der Waals surface area contributed by atoms with E-state index in [4.69, 9.17) is 23.7 Å². The molecule has 322 valence electrons. The van der Waals surface area contributed by atoms with E-state index in [1.165, 1.54) is 19.1 Å². The van der Waals surface area contributed by atoms with Gasteiger partial charge in [-0.25, -0.2) is 4.79 Å². The minimum atomic E-state index is -2.51. The number of Topliss-reactive ketones (excluding diaryl/α,β-unsaturated/α-hetero) is 2. The SMILES string of the molecule is C=CC[C@H]1/C=C(/C)C[C@H](C)C[C@H](OC)[C@H]2O[C@@](O)(C(=O)C(=O)N3CCCC[C@H]3C(=O)O[C@H](/C(C)=C/[C@@H]3CC[C@@H](O)[C@H](OC)C3)[C@H](C)[C@@H](O)CC1=O)[C@H](C)C[C@@H]2OC. The van der Waals surface area contributed by atoms with Gasteiger partial charge in [0.2, 0.25) is 5.79 Å². The molecule has 0 unspecified atom stereocenters. The number of aliphatic hydroxyl groups is 3. The summed E-state index contributed by atoms with van der Waals surface area (Å²) in [7, 11) is 4.61. The zero-order valence-electron chi connectivity index (χ0n) is 35.4. The second-order valence-electron chi connectivity index (χ2n) is 17.3. The maximum Gasteiger partial charge on any atom is 0.329 e. The number of methoxy groups -OCH3 is 3. The third-order valence-electron chi connectivity index (χ3n) is 12.9. The van der Waals surface area contributed by atoms with Crippen LogP contribution in [0.4, 0.5) is 0 Å². The molecule has 0 aromatic rings. The molecule has 0 aromatic heterocycles. The van der Waals surface area contributed by atoms with Crippen LogP contribution in [0, 0.1) is 29.6 Å². The maximum absolute atomic E-state index is 14.3. The summed E-state index contributed by atoms with van der Waals surface area (Å²) in [5, 5.41) is 34.1. The molecule has 0 radical (unpaired) electrons. The lowest BCUT2D eigenvalue weighted by Gasteiger charge is -2.47. The number of carbonyl (C=O) groups is 4. The molecular weight excluding hydrogens is 734 g/mol. The number of piperidine rings is 1. The zero-order chi connectivity index (χ0) is 42.2. The number of hydrogen-bond donors (Lipinski definition) is 3. The van der Waals surface area contributed by atoms with Crippen LogP contribution in [-0.2, 0) is 42.9 Å². The summed E-state index contributed by atoms with van der Waals surface area (Å²) < 4.78 is 29.7. The molecule has 4 aliphatic rings. The molecule has 13 heteroatoms. The number of ketones is 2. The van der Waals surface area contributed by atoms with Crippen molar-refractivity contribution in [3.63, 3.8) is 0 Å². The molecule has 0 spiro atoms. The van der Waals surface area contributed by atoms with Crippen LogP contribution in [0.15, 0.2) is 36.0 Å². The zero-order valence-corrected chi connectivity index (χ0v) is 35.4. The summed E-state index contributed by atoms with van der Waals surface area (Å²) in [6, 6.07) is -1.14. The molecule has 3 fully saturated rings. The Morgan fingerprint density at radius 1 is 0.930 bits per heavy atom. The largest absolute Gasteiger partial charge is 0.456 e. The van der Waals surface area contributed by atoms with Gasteiger partial charge < -0.3 is 43.9 Å². The van der Waals surface area contributed by atoms with Crippen LogP contribution in [0.25, 0.3) is 0 Å². The Balaban J connectivity index is 1.78. The quantitative estimate of drug-likeness (QED) is 0.185. The smallest absolute Gasteiger partial charge is 0.329 e. The van der Waals surface area contributed by atoms with E-state index in [2.05, 4.69) is 6.58 Å². The molecule has 1 saturated carbocycles. The second kappa shape index (κ2) is 21.0. The summed E-state index contributed by atoms with van der Waals surface area (Å²) in [5.74, 6) is -7.76. The predicted molar refractivity (Wildman–Crippen MR) is 213 cm³/mol. The molecule has 14 atom stereocenters. The van der Waals surface area contributed by atoms with Crippen LogP contribution in [-0.4, -0.2) is 126 Å². The number of amides is 1. The molecule has 1 amide bonds. The first kappa shape index (κ1) is 46.9. The molecule has 1 aliphatic carbocycles. The summed E-state index contributed by atoms with van der Waals surface area (Å²) in [6.07, 6.45) is 4.93. The van der Waals surface area contributed by atoms with Gasteiger partial charge in [-0.3, -0.25) is 14.4 Å². The lowest BCUT2D eigenvalue weighted by atomic mass is 9.81. The first-order chi connectivity index (χ1) is 27.0. The first-order valence-electron chi connectivity index (χ1n) is 20.9. The van der Waals surface area contributed by atoms with Gasteiger partial charge in [0.05, 0.1) is 30.5 Å². The molecule has 3 N–H and O–H groups in total. The minimum absolute atomic E-state index is 0.00988. The number of rotatable bonds is 7. The fourth-order valence-corrected chi connectivity index (χ4v) is 9.42. The summed E-state index contributed by atoms with van der Waals surface area (Å²) in [4.78, 5) is 57.8. The van der Waals surface area contributed by atoms with Crippen molar-refractivity contribution in [1.29, 1.82) is 0 Å². The molecule has 3 aliphatic heterocycles. The number of allylic oxidation sites excluding steroid dienone is 4. The van der Waals surface area contributed by atoms with Crippen LogP contribution >= 0.6 is 0 Å². The van der Waals surface area contributed by atoms with Crippen molar-refractivity contribution in [2.24, 2.45) is 29.6 Å². The Morgan fingerprint density at radius 3 is 2.25 bits per heavy atom. The predicted octanol–water partition coefficient (Wildman–Crippen LogP) is 4.64. The lowest BCUT2D eigenvalue weighted by molar-refractivity contribution is -0.302. The number of ether oxygens (including phenoxy) is 5. The minimum Gasteiger partial charge on any atom is -0.456 e. The van der Waals surface area contributed by atoms with Crippen molar-refractivity contribution in [1.82, 2.24) is 4.90 Å². The number of carbonyl (C=O) groups excluding carboxylic acids is 4. The Bertz CT molecular complexity index is 1480. The average molecular weight is 804 g/mol. The number of cyclic esters (lactones) is 1. The van der Waals surface area contributed by atoms with Gasteiger partial charge >= 0.3 is 5.97 Å². The summed E-state index contributed by atoms with van der Waals surface area (Å²) in [5.41, 5.74) is 1.61. The Kier molecular flexibility index (Phi) is 17.2. The maximum atomic E-state index is 14.3. The van der Waals surface area contributed by atoms with Gasteiger partial charge in [0.15, 0.2) is 0 Å². The van der Waals surface area contributed by atoms with Gasteiger partial charge in [0, 0.05) is 52.0 Å². The molecule has 3 heterocycles. The van der Waals surface area contributed by atoms with Crippen LogP contribution in [0.1, 0.15) is 105 Å². The molecule has 4 rings (SSSR count). The van der Waals surface area contributed by atoms with Gasteiger partial charge in [0.1, 0.15) is 24.0 Å². The van der Waals surface area contributed by atoms with E-state index in [0.29, 0.717) is 56.9 Å². The summed E-state index contributed by atoms with van der Waals surface area (Å²) in [6.45, 7) is 13.1. The van der Waals surface area contributed by atoms with Gasteiger partial charge in [-0.15, -0.1) is 6.58 Å². The van der Waals surface area contributed by atoms with Crippen molar-refractivity contribution < 1.29 is 58.2 Å². The third kappa shape index (κ3) is 11.3. The van der Waals surface area contributed by atoms with Crippen molar-refractivity contribution in [2.75, 3.05) is 27.9 Å². The highest BCUT2D eigenvalue weighted by molar-refractivity contribution is 6.39. The fourth-order valence-electron chi connectivity index (χ4n) is 9.42. The lowest BCUT2D eigenvalue weighted by Crippen LogP contribution is -2.64. The Hall–Kier alpha value is -2.78. The van der Waals surface area contributed by atoms with Crippen LogP contribution in [0.2, 0.25) is 0 Å². The van der Waals surface area contributed by atoms with Gasteiger partial charge in [0.25, 0.3) is 11.7 Å². The average Bonchev–Trinajstić information content (AvgIpc) is 3.18. The van der Waals surface area contributed by atoms with Crippen molar-refractivity contribution in [3.8, 4) is 0 Å². The van der Waals surface area contributed by atoms with Crippen molar-refractivity contribution in [2.45, 2.75) is 160 Å². The van der Waals surface area contributed by atoms with E-state index >= 15 is 0 Å². The molecule has 2 saturated heterocycles. The fraction of sp³-hybridized carbons (Fsp3) is 0.773. The number of nitrogens with zero attached hydrogens (tertiary/aromatic N) is 1. The molecular formula is C44H69NO12. The third-order valence-corrected chi connectivity index (χ3v) is 12.9. The first-order valence-corrected chi connectivity index (χ1v) is 20.9. The second-order valence-corrected chi connectivity index (χ2v) is 17.3. The molecule has 57 heavy (non-hydrogen) atoms. The molecule has 13 nitrogen and oxygen atoms in total.